The number of rotatable bonds is 9. The fourth-order valence-electron chi connectivity index (χ4n) is 4.90. The molecule has 2 aliphatic carbocycles. The Bertz CT molecular complexity index is 1140. The molecule has 182 valence electrons. The van der Waals surface area contributed by atoms with E-state index in [-0.39, 0.29) is 18.6 Å². The van der Waals surface area contributed by atoms with Crippen molar-refractivity contribution in [3.05, 3.63) is 35.4 Å². The minimum Gasteiger partial charge on any atom is -0.396 e. The summed E-state index contributed by atoms with van der Waals surface area (Å²) in [6, 6.07) is 8.47. The molecule has 4 N–H and O–H groups in total. The molecule has 0 aliphatic heterocycles. The molecular formula is C24H32N6O3S. The van der Waals surface area contributed by atoms with E-state index in [2.05, 4.69) is 53.7 Å². The third kappa shape index (κ3) is 4.51. The van der Waals surface area contributed by atoms with Gasteiger partial charge in [-0.15, -0.1) is 5.10 Å². The molecule has 6 atom stereocenters. The number of nitrogens with zero attached hydrogens (tertiary/aromatic N) is 5. The summed E-state index contributed by atoms with van der Waals surface area (Å²) in [5, 5.41) is 43.4. The summed E-state index contributed by atoms with van der Waals surface area (Å²) in [5.41, 5.74) is 3.70. The Morgan fingerprint density at radius 1 is 1.12 bits per heavy atom. The van der Waals surface area contributed by atoms with E-state index in [1.54, 1.807) is 16.4 Å². The molecule has 0 amide bonds. The van der Waals surface area contributed by atoms with E-state index in [1.807, 2.05) is 0 Å². The van der Waals surface area contributed by atoms with Crippen LogP contribution in [0.25, 0.3) is 11.2 Å². The van der Waals surface area contributed by atoms with Crippen LogP contribution in [0.5, 0.6) is 0 Å². The average Bonchev–Trinajstić information content (AvgIpc) is 3.38. The van der Waals surface area contributed by atoms with Crippen LogP contribution in [0, 0.1) is 12.8 Å². The van der Waals surface area contributed by atoms with Gasteiger partial charge in [-0.05, 0) is 44.1 Å². The van der Waals surface area contributed by atoms with Crippen LogP contribution in [0.1, 0.15) is 55.7 Å². The highest BCUT2D eigenvalue weighted by molar-refractivity contribution is 7.99. The van der Waals surface area contributed by atoms with Crippen LogP contribution in [-0.4, -0.2) is 70.9 Å². The number of fused-ring (bicyclic) bond motifs is 1. The molecule has 6 unspecified atom stereocenters. The molecule has 2 fully saturated rings. The standard InChI is InChI=1S/C24H32N6O3S/c1-3-10-34-24-26-22(25-17-12-16(17)14-6-4-13(2)5-7-14)19-23(27-24)30(29-28-19)18-11-15(8-9-31)20(32)21(18)33/h4-7,15-18,20-21,31-33H,3,8-12H2,1-2H3,(H,25,26,27). The smallest absolute Gasteiger partial charge is 0.191 e. The minimum atomic E-state index is -0.992. The zero-order valence-electron chi connectivity index (χ0n) is 19.5. The van der Waals surface area contributed by atoms with Crippen molar-refractivity contribution < 1.29 is 15.3 Å². The zero-order valence-corrected chi connectivity index (χ0v) is 20.3. The van der Waals surface area contributed by atoms with E-state index < -0.39 is 18.2 Å². The van der Waals surface area contributed by atoms with E-state index in [9.17, 15) is 15.3 Å². The number of aromatic nitrogens is 5. The molecule has 0 spiro atoms. The van der Waals surface area contributed by atoms with Gasteiger partial charge in [0.05, 0.1) is 12.1 Å². The first-order valence-corrected chi connectivity index (χ1v) is 13.0. The third-order valence-corrected chi connectivity index (χ3v) is 8.00. The number of hydrogen-bond donors (Lipinski definition) is 4. The lowest BCUT2D eigenvalue weighted by Gasteiger charge is -2.17. The highest BCUT2D eigenvalue weighted by atomic mass is 32.2. The van der Waals surface area contributed by atoms with Crippen molar-refractivity contribution in [2.45, 2.75) is 74.9 Å². The van der Waals surface area contributed by atoms with Crippen LogP contribution >= 0.6 is 11.8 Å². The highest BCUT2D eigenvalue weighted by Crippen LogP contribution is 2.44. The summed E-state index contributed by atoms with van der Waals surface area (Å²) >= 11 is 1.58. The Balaban J connectivity index is 1.44. The van der Waals surface area contributed by atoms with Gasteiger partial charge in [-0.25, -0.2) is 14.6 Å². The summed E-state index contributed by atoms with van der Waals surface area (Å²) in [6.07, 6.45) is 1.06. The maximum absolute atomic E-state index is 10.7. The molecular weight excluding hydrogens is 452 g/mol. The van der Waals surface area contributed by atoms with Gasteiger partial charge >= 0.3 is 0 Å². The number of aryl methyl sites for hydroxylation is 1. The number of aliphatic hydroxyl groups excluding tert-OH is 3. The molecule has 10 heteroatoms. The predicted molar refractivity (Wildman–Crippen MR) is 131 cm³/mol. The lowest BCUT2D eigenvalue weighted by Crippen LogP contribution is -2.30. The highest BCUT2D eigenvalue weighted by Gasteiger charge is 2.44. The minimum absolute atomic E-state index is 0.0309. The van der Waals surface area contributed by atoms with Crippen molar-refractivity contribution in [1.29, 1.82) is 0 Å². The quantitative estimate of drug-likeness (QED) is 0.267. The number of thioether (sulfide) groups is 1. The van der Waals surface area contributed by atoms with Gasteiger partial charge in [0.1, 0.15) is 6.10 Å². The fraction of sp³-hybridized carbons (Fsp3) is 0.583. The number of aliphatic hydroxyl groups is 3. The summed E-state index contributed by atoms with van der Waals surface area (Å²) < 4.78 is 1.63. The van der Waals surface area contributed by atoms with Crippen molar-refractivity contribution in [2.75, 3.05) is 17.7 Å². The maximum Gasteiger partial charge on any atom is 0.191 e. The number of anilines is 1. The van der Waals surface area contributed by atoms with Crippen molar-refractivity contribution in [2.24, 2.45) is 5.92 Å². The Hall–Kier alpha value is -2.27. The second kappa shape index (κ2) is 9.77. The van der Waals surface area contributed by atoms with Gasteiger partial charge in [-0.1, -0.05) is 53.7 Å². The second-order valence-corrected chi connectivity index (χ2v) is 10.5. The van der Waals surface area contributed by atoms with Crippen LogP contribution in [0.2, 0.25) is 0 Å². The molecule has 2 aliphatic rings. The van der Waals surface area contributed by atoms with Gasteiger partial charge in [0.15, 0.2) is 22.1 Å². The van der Waals surface area contributed by atoms with Crippen LogP contribution in [-0.2, 0) is 0 Å². The molecule has 1 aromatic carbocycles. The van der Waals surface area contributed by atoms with E-state index in [1.165, 1.54) is 11.1 Å². The second-order valence-electron chi connectivity index (χ2n) is 9.47. The maximum atomic E-state index is 10.7. The normalized spacial score (nSPS) is 28.5. The molecule has 0 saturated heterocycles. The molecule has 5 rings (SSSR count). The first-order chi connectivity index (χ1) is 16.5. The van der Waals surface area contributed by atoms with E-state index >= 15 is 0 Å². The monoisotopic (exact) mass is 484 g/mol. The van der Waals surface area contributed by atoms with Gasteiger partial charge in [-0.3, -0.25) is 0 Å². The lowest BCUT2D eigenvalue weighted by atomic mass is 10.0. The van der Waals surface area contributed by atoms with Gasteiger partial charge in [0, 0.05) is 24.3 Å². The summed E-state index contributed by atoms with van der Waals surface area (Å²) in [6.45, 7) is 4.18. The summed E-state index contributed by atoms with van der Waals surface area (Å²) in [5.74, 6) is 1.79. The average molecular weight is 485 g/mol. The Labute approximate surface area is 203 Å². The first kappa shape index (κ1) is 23.5. The first-order valence-electron chi connectivity index (χ1n) is 12.1. The van der Waals surface area contributed by atoms with Crippen molar-refractivity contribution in [3.8, 4) is 0 Å². The summed E-state index contributed by atoms with van der Waals surface area (Å²) in [7, 11) is 0. The third-order valence-electron chi connectivity index (χ3n) is 6.94. The Morgan fingerprint density at radius 2 is 1.91 bits per heavy atom. The predicted octanol–water partition coefficient (Wildman–Crippen LogP) is 2.67. The largest absolute Gasteiger partial charge is 0.396 e. The van der Waals surface area contributed by atoms with Gasteiger partial charge < -0.3 is 20.6 Å². The summed E-state index contributed by atoms with van der Waals surface area (Å²) in [4.78, 5) is 9.49. The fourth-order valence-corrected chi connectivity index (χ4v) is 5.59. The molecule has 0 radical (unpaired) electrons. The molecule has 2 aromatic heterocycles. The molecule has 2 heterocycles. The molecule has 9 nitrogen and oxygen atoms in total. The van der Waals surface area contributed by atoms with E-state index in [4.69, 9.17) is 9.97 Å². The number of benzene rings is 1. The SMILES string of the molecule is CCCSc1nc(NC2CC2c2ccc(C)cc2)c2nnn(C3CC(CCO)C(O)C3O)c2n1. The number of nitrogens with one attached hydrogen (secondary N) is 1. The zero-order chi connectivity index (χ0) is 23.8. The van der Waals surface area contributed by atoms with Crippen LogP contribution in [0.3, 0.4) is 0 Å². The van der Waals surface area contributed by atoms with Crippen LogP contribution in [0.15, 0.2) is 29.4 Å². The molecule has 2 saturated carbocycles. The molecule has 34 heavy (non-hydrogen) atoms. The van der Waals surface area contributed by atoms with Gasteiger partial charge in [0.25, 0.3) is 0 Å². The molecule has 3 aromatic rings. The van der Waals surface area contributed by atoms with Gasteiger partial charge in [0.2, 0.25) is 0 Å². The van der Waals surface area contributed by atoms with Crippen LogP contribution in [0.4, 0.5) is 5.82 Å². The Kier molecular flexibility index (Phi) is 6.74. The van der Waals surface area contributed by atoms with Crippen LogP contribution < -0.4 is 5.32 Å². The van der Waals surface area contributed by atoms with E-state index in [0.717, 1.165) is 18.6 Å². The topological polar surface area (TPSA) is 129 Å². The van der Waals surface area contributed by atoms with Crippen molar-refractivity contribution >= 4 is 28.7 Å². The van der Waals surface area contributed by atoms with Gasteiger partial charge in [-0.2, -0.15) is 0 Å². The lowest BCUT2D eigenvalue weighted by molar-refractivity contribution is 0.00107. The number of hydrogen-bond acceptors (Lipinski definition) is 9. The van der Waals surface area contributed by atoms with E-state index in [0.29, 0.717) is 40.9 Å². The van der Waals surface area contributed by atoms with Crippen molar-refractivity contribution in [3.63, 3.8) is 0 Å². The van der Waals surface area contributed by atoms with Crippen molar-refractivity contribution in [1.82, 2.24) is 25.0 Å². The molecule has 0 bridgehead atoms. The Morgan fingerprint density at radius 3 is 2.65 bits per heavy atom.